The van der Waals surface area contributed by atoms with Gasteiger partial charge in [0, 0.05) is 0 Å². The van der Waals surface area contributed by atoms with Crippen LogP contribution in [0, 0.1) is 0 Å². The van der Waals surface area contributed by atoms with Crippen LogP contribution in [0.5, 0.6) is 0 Å². The largest absolute Gasteiger partial charge is 0.465 e. The van der Waals surface area contributed by atoms with Gasteiger partial charge in [0.15, 0.2) is 9.76 Å². The van der Waals surface area contributed by atoms with Crippen molar-refractivity contribution in [3.8, 4) is 0 Å². The molecule has 0 aliphatic rings. The average Bonchev–Trinajstić information content (AvgIpc) is 2.23. The van der Waals surface area contributed by atoms with Crippen molar-refractivity contribution in [3.05, 3.63) is 54.6 Å². The first kappa shape index (κ1) is 12.2. The molecular weight excluding hydrogens is 216 g/mol. The van der Waals surface area contributed by atoms with E-state index in [1.54, 1.807) is 0 Å². The van der Waals surface area contributed by atoms with Gasteiger partial charge in [-0.3, -0.25) is 0 Å². The minimum absolute atomic E-state index is 0.509. The van der Waals surface area contributed by atoms with Gasteiger partial charge >= 0.3 is 0 Å². The van der Waals surface area contributed by atoms with Gasteiger partial charge in [0.2, 0.25) is 0 Å². The highest BCUT2D eigenvalue weighted by atomic mass is 28.3. The second-order valence-corrected chi connectivity index (χ2v) is 6.83. The van der Waals surface area contributed by atoms with Crippen LogP contribution in [-0.4, -0.2) is 20.2 Å². The van der Waals surface area contributed by atoms with Gasteiger partial charge in [-0.15, -0.1) is 13.2 Å². The van der Waals surface area contributed by atoms with Crippen LogP contribution < -0.4 is 5.19 Å². The molecule has 0 bridgehead atoms. The molecule has 0 fully saturated rings. The van der Waals surface area contributed by atoms with Crippen LogP contribution in [0.1, 0.15) is 11.1 Å². The maximum atomic E-state index is 5.47. The van der Waals surface area contributed by atoms with Crippen molar-refractivity contribution in [2.75, 3.05) is 0 Å². The van der Waals surface area contributed by atoms with E-state index in [-0.39, 0.29) is 0 Å². The van der Waals surface area contributed by atoms with Crippen molar-refractivity contribution in [2.45, 2.75) is 12.8 Å². The van der Waals surface area contributed by atoms with Gasteiger partial charge in [-0.25, -0.2) is 0 Å². The van der Waals surface area contributed by atoms with E-state index in [9.17, 15) is 0 Å². The van der Waals surface area contributed by atoms with Crippen molar-refractivity contribution in [2.24, 2.45) is 0 Å². The van der Waals surface area contributed by atoms with Crippen molar-refractivity contribution < 1.29 is 4.12 Å². The number of benzene rings is 1. The smallest absolute Gasteiger partial charge is 0.178 e. The zero-order valence-corrected chi connectivity index (χ0v) is 12.7. The van der Waals surface area contributed by atoms with Gasteiger partial charge in [-0.05, 0) is 29.2 Å². The zero-order valence-electron chi connectivity index (χ0n) is 9.33. The van der Waals surface area contributed by atoms with Crippen LogP contribution in [0.15, 0.2) is 43.5 Å². The Morgan fingerprint density at radius 2 is 2.00 bits per heavy atom. The van der Waals surface area contributed by atoms with E-state index < -0.39 is 9.76 Å². The molecule has 1 aromatic carbocycles. The van der Waals surface area contributed by atoms with E-state index in [1.807, 2.05) is 12.2 Å². The average molecular weight is 234 g/mol. The minimum Gasteiger partial charge on any atom is -0.465 e. The Hall–Kier alpha value is -0.906. The lowest BCUT2D eigenvalue weighted by atomic mass is 10.0. The Morgan fingerprint density at radius 1 is 1.27 bits per heavy atom. The predicted octanol–water partition coefficient (Wildman–Crippen LogP) is 0.150. The molecule has 0 saturated heterocycles. The molecule has 15 heavy (non-hydrogen) atoms. The summed E-state index contributed by atoms with van der Waals surface area (Å²) in [5, 5.41) is 1.42. The molecule has 0 radical (unpaired) electrons. The Bertz CT molecular complexity index is 347. The van der Waals surface area contributed by atoms with Gasteiger partial charge in [0.05, 0.1) is 0 Å². The van der Waals surface area contributed by atoms with Crippen LogP contribution in [0.4, 0.5) is 0 Å². The zero-order chi connectivity index (χ0) is 11.1. The van der Waals surface area contributed by atoms with Crippen molar-refractivity contribution in [1.29, 1.82) is 0 Å². The lowest BCUT2D eigenvalue weighted by Gasteiger charge is -2.11. The summed E-state index contributed by atoms with van der Waals surface area (Å²) in [7, 11) is 0.333. The molecule has 0 heterocycles. The first-order valence-electron chi connectivity index (χ1n) is 5.13. The summed E-state index contributed by atoms with van der Waals surface area (Å²) in [6, 6.07) is 6.48. The molecule has 80 valence electrons. The van der Waals surface area contributed by atoms with Gasteiger partial charge in [0.1, 0.15) is 10.5 Å². The van der Waals surface area contributed by atoms with Gasteiger partial charge in [-0.1, -0.05) is 30.4 Å². The topological polar surface area (TPSA) is 9.23 Å². The highest BCUT2D eigenvalue weighted by molar-refractivity contribution is 6.51. The third-order valence-corrected chi connectivity index (χ3v) is 4.51. The number of allylic oxidation sites excluding steroid dienone is 2. The van der Waals surface area contributed by atoms with E-state index in [4.69, 9.17) is 4.12 Å². The molecule has 0 unspecified atom stereocenters. The molecule has 1 aromatic rings. The van der Waals surface area contributed by atoms with E-state index in [0.717, 1.165) is 23.3 Å². The van der Waals surface area contributed by atoms with E-state index >= 15 is 0 Å². The molecule has 0 aromatic heterocycles. The summed E-state index contributed by atoms with van der Waals surface area (Å²) in [4.78, 5) is 0. The fraction of sp³-hybridized carbons (Fsp3) is 0.167. The van der Waals surface area contributed by atoms with Gasteiger partial charge < -0.3 is 4.12 Å². The van der Waals surface area contributed by atoms with E-state index in [1.165, 1.54) is 16.3 Å². The third-order valence-electron chi connectivity index (χ3n) is 2.38. The SMILES string of the molecule is C=CCc1cccc([SiH2]O[SiH3])c1CC=C. The molecule has 0 saturated carbocycles. The molecule has 0 spiro atoms. The van der Waals surface area contributed by atoms with E-state index in [0.29, 0.717) is 0 Å². The maximum absolute atomic E-state index is 5.47. The standard InChI is InChI=1S/C12H18OSi2/c1-3-6-10-8-5-9-12(15-13-14)11(10)7-4-2/h3-5,8-9H,1-2,6-7,15H2,14H3. The molecule has 1 rings (SSSR count). The first-order valence-corrected chi connectivity index (χ1v) is 7.24. The summed E-state index contributed by atoms with van der Waals surface area (Å²) in [5.41, 5.74) is 2.78. The number of rotatable bonds is 6. The number of hydrogen-bond donors (Lipinski definition) is 0. The molecule has 0 amide bonds. The number of hydrogen-bond acceptors (Lipinski definition) is 1. The van der Waals surface area contributed by atoms with Crippen LogP contribution >= 0.6 is 0 Å². The monoisotopic (exact) mass is 234 g/mol. The Labute approximate surface area is 97.3 Å². The normalized spacial score (nSPS) is 10.9. The predicted molar refractivity (Wildman–Crippen MR) is 73.4 cm³/mol. The Morgan fingerprint density at radius 3 is 2.60 bits per heavy atom. The summed E-state index contributed by atoms with van der Waals surface area (Å²) >= 11 is 0. The van der Waals surface area contributed by atoms with Crippen LogP contribution in [0.25, 0.3) is 0 Å². The van der Waals surface area contributed by atoms with Crippen LogP contribution in [0.2, 0.25) is 0 Å². The van der Waals surface area contributed by atoms with Crippen LogP contribution in [-0.2, 0) is 17.0 Å². The highest BCUT2D eigenvalue weighted by Gasteiger charge is 2.05. The fourth-order valence-electron chi connectivity index (χ4n) is 1.73. The summed E-state index contributed by atoms with van der Waals surface area (Å²) in [6.07, 6.45) is 5.80. The summed E-state index contributed by atoms with van der Waals surface area (Å²) in [6.45, 7) is 7.61. The summed E-state index contributed by atoms with van der Waals surface area (Å²) in [5.74, 6) is 0. The Kier molecular flexibility index (Phi) is 5.32. The van der Waals surface area contributed by atoms with Gasteiger partial charge in [0.25, 0.3) is 0 Å². The molecule has 1 nitrogen and oxygen atoms in total. The lowest BCUT2D eigenvalue weighted by molar-refractivity contribution is 0.676. The molecule has 0 atom stereocenters. The maximum Gasteiger partial charge on any atom is 0.178 e. The molecule has 0 aliphatic carbocycles. The second kappa shape index (κ2) is 6.55. The molecule has 0 aliphatic heterocycles. The van der Waals surface area contributed by atoms with Crippen molar-refractivity contribution >= 4 is 25.4 Å². The van der Waals surface area contributed by atoms with Crippen LogP contribution in [0.3, 0.4) is 0 Å². The molecule has 0 N–H and O–H groups in total. The summed E-state index contributed by atoms with van der Waals surface area (Å²) < 4.78 is 5.47. The first-order chi connectivity index (χ1) is 7.33. The van der Waals surface area contributed by atoms with Gasteiger partial charge in [-0.2, -0.15) is 0 Å². The quantitative estimate of drug-likeness (QED) is 0.503. The van der Waals surface area contributed by atoms with Crippen molar-refractivity contribution in [3.63, 3.8) is 0 Å². The Balaban J connectivity index is 3.08. The second-order valence-electron chi connectivity index (χ2n) is 3.47. The lowest BCUT2D eigenvalue weighted by Crippen LogP contribution is -2.22. The highest BCUT2D eigenvalue weighted by Crippen LogP contribution is 2.09. The van der Waals surface area contributed by atoms with E-state index in [2.05, 4.69) is 31.4 Å². The minimum atomic E-state index is -0.509. The third kappa shape index (κ3) is 3.30. The molecular formula is C12H18OSi2. The van der Waals surface area contributed by atoms with Crippen molar-refractivity contribution in [1.82, 2.24) is 0 Å². The fourth-order valence-corrected chi connectivity index (χ4v) is 3.75. The molecule has 3 heteroatoms.